The topological polar surface area (TPSA) is 65.7 Å². The summed E-state index contributed by atoms with van der Waals surface area (Å²) in [6.45, 7) is 2.36. The first-order chi connectivity index (χ1) is 16.0. The van der Waals surface area contributed by atoms with Gasteiger partial charge in [0, 0.05) is 20.9 Å². The number of rotatable bonds is 7. The summed E-state index contributed by atoms with van der Waals surface area (Å²) in [5.41, 5.74) is 2.22. The van der Waals surface area contributed by atoms with Gasteiger partial charge in [-0.15, -0.1) is 0 Å². The molecule has 4 rings (SSSR count). The van der Waals surface area contributed by atoms with Crippen molar-refractivity contribution in [2.45, 2.75) is 20.0 Å². The molecule has 8 heteroatoms. The van der Waals surface area contributed by atoms with Gasteiger partial charge >= 0.3 is 0 Å². The number of hydrogen-bond donors (Lipinski definition) is 0. The molecule has 0 bridgehead atoms. The molecular formula is C25H21Br2N3O3. The summed E-state index contributed by atoms with van der Waals surface area (Å²) < 4.78 is 14.4. The highest BCUT2D eigenvalue weighted by Crippen LogP contribution is 2.33. The molecule has 0 amide bonds. The molecule has 0 N–H and O–H groups in total. The van der Waals surface area contributed by atoms with E-state index in [1.165, 1.54) is 4.68 Å². The molecule has 3 aromatic carbocycles. The quantitative estimate of drug-likeness (QED) is 0.257. The van der Waals surface area contributed by atoms with Crippen LogP contribution in [0.25, 0.3) is 10.9 Å². The summed E-state index contributed by atoms with van der Waals surface area (Å²) in [4.78, 5) is 17.7. The van der Waals surface area contributed by atoms with Gasteiger partial charge in [0.15, 0.2) is 11.5 Å². The van der Waals surface area contributed by atoms with Gasteiger partial charge in [0.2, 0.25) is 0 Å². The van der Waals surface area contributed by atoms with Gasteiger partial charge in [0.1, 0.15) is 12.4 Å². The number of halogens is 2. The van der Waals surface area contributed by atoms with Crippen LogP contribution in [-0.2, 0) is 13.0 Å². The highest BCUT2D eigenvalue weighted by Gasteiger charge is 2.12. The average molecular weight is 571 g/mol. The van der Waals surface area contributed by atoms with E-state index in [2.05, 4.69) is 41.9 Å². The average Bonchev–Trinajstić information content (AvgIpc) is 2.83. The first kappa shape index (κ1) is 23.2. The Morgan fingerprint density at radius 1 is 1.06 bits per heavy atom. The Balaban J connectivity index is 1.67. The van der Waals surface area contributed by atoms with Crippen LogP contribution in [0.4, 0.5) is 0 Å². The third kappa shape index (κ3) is 5.17. The summed E-state index contributed by atoms with van der Waals surface area (Å²) >= 11 is 6.99. The van der Waals surface area contributed by atoms with E-state index in [0.29, 0.717) is 41.3 Å². The molecule has 0 saturated heterocycles. The predicted molar refractivity (Wildman–Crippen MR) is 138 cm³/mol. The Hall–Kier alpha value is -2.97. The van der Waals surface area contributed by atoms with Crippen LogP contribution in [0.2, 0.25) is 0 Å². The predicted octanol–water partition coefficient (Wildman–Crippen LogP) is 5.95. The maximum atomic E-state index is 13.1. The molecule has 1 aromatic heterocycles. The first-order valence-electron chi connectivity index (χ1n) is 10.3. The standard InChI is InChI=1S/C25H21Br2N3O3/c1-3-24-29-21-10-9-18(26)12-19(21)25(31)30(24)28-14-17-11-22(32-2)23(13-20(17)27)33-15-16-7-5-4-6-8-16/h4-14H,3,15H2,1-2H3. The van der Waals surface area contributed by atoms with E-state index >= 15 is 0 Å². The van der Waals surface area contributed by atoms with Crippen molar-refractivity contribution in [2.24, 2.45) is 5.10 Å². The van der Waals surface area contributed by atoms with E-state index in [-0.39, 0.29) is 5.56 Å². The molecular weight excluding hydrogens is 550 g/mol. The second-order valence-corrected chi connectivity index (χ2v) is 8.97. The van der Waals surface area contributed by atoms with Gasteiger partial charge in [-0.1, -0.05) is 53.2 Å². The van der Waals surface area contributed by atoms with Crippen LogP contribution in [0.15, 0.2) is 79.5 Å². The SMILES string of the molecule is CCc1nc2ccc(Br)cc2c(=O)n1N=Cc1cc(OC)c(OCc2ccccc2)cc1Br. The van der Waals surface area contributed by atoms with Crippen LogP contribution in [0.1, 0.15) is 23.9 Å². The van der Waals surface area contributed by atoms with Crippen LogP contribution in [0.5, 0.6) is 11.5 Å². The Morgan fingerprint density at radius 2 is 1.85 bits per heavy atom. The number of hydrogen-bond acceptors (Lipinski definition) is 5. The first-order valence-corrected chi connectivity index (χ1v) is 11.9. The van der Waals surface area contributed by atoms with Crippen LogP contribution in [0, 0.1) is 0 Å². The fraction of sp³-hybridized carbons (Fsp3) is 0.160. The molecule has 0 saturated carbocycles. The number of nitrogens with zero attached hydrogens (tertiary/aromatic N) is 3. The minimum atomic E-state index is -0.222. The van der Waals surface area contributed by atoms with Crippen LogP contribution in [0.3, 0.4) is 0 Å². The van der Waals surface area contributed by atoms with Crippen LogP contribution < -0.4 is 15.0 Å². The van der Waals surface area contributed by atoms with Gasteiger partial charge in [-0.3, -0.25) is 4.79 Å². The molecule has 0 radical (unpaired) electrons. The summed E-state index contributed by atoms with van der Waals surface area (Å²) in [7, 11) is 1.59. The third-order valence-corrected chi connectivity index (χ3v) is 6.20. The van der Waals surface area contributed by atoms with E-state index in [9.17, 15) is 4.79 Å². The lowest BCUT2D eigenvalue weighted by atomic mass is 10.2. The fourth-order valence-corrected chi connectivity index (χ4v) is 4.11. The van der Waals surface area contributed by atoms with Gasteiger partial charge in [-0.05, 0) is 51.8 Å². The van der Waals surface area contributed by atoms with Gasteiger partial charge in [-0.25, -0.2) is 4.98 Å². The minimum Gasteiger partial charge on any atom is -0.493 e. The van der Waals surface area contributed by atoms with Crippen molar-refractivity contribution >= 4 is 49.0 Å². The molecule has 0 spiro atoms. The summed E-state index contributed by atoms with van der Waals surface area (Å²) in [5, 5.41) is 4.96. The Kier molecular flexibility index (Phi) is 7.25. The normalized spacial score (nSPS) is 11.3. The van der Waals surface area contributed by atoms with Crippen molar-refractivity contribution in [2.75, 3.05) is 7.11 Å². The van der Waals surface area contributed by atoms with E-state index in [4.69, 9.17) is 9.47 Å². The molecule has 0 fully saturated rings. The number of benzene rings is 3. The molecule has 0 unspecified atom stereocenters. The molecule has 1 heterocycles. The molecule has 6 nitrogen and oxygen atoms in total. The summed E-state index contributed by atoms with van der Waals surface area (Å²) in [6, 6.07) is 19.0. The number of ether oxygens (including phenoxy) is 2. The van der Waals surface area contributed by atoms with Crippen molar-refractivity contribution in [1.82, 2.24) is 9.66 Å². The lowest BCUT2D eigenvalue weighted by Crippen LogP contribution is -2.22. The zero-order chi connectivity index (χ0) is 23.4. The van der Waals surface area contributed by atoms with Gasteiger partial charge in [0.25, 0.3) is 5.56 Å². The molecule has 0 aliphatic heterocycles. The smallest absolute Gasteiger partial charge is 0.282 e. The van der Waals surface area contributed by atoms with Crippen molar-refractivity contribution in [3.8, 4) is 11.5 Å². The Morgan fingerprint density at radius 3 is 2.58 bits per heavy atom. The van der Waals surface area contributed by atoms with Crippen LogP contribution >= 0.6 is 31.9 Å². The molecule has 0 atom stereocenters. The van der Waals surface area contributed by atoms with E-state index in [0.717, 1.165) is 20.1 Å². The van der Waals surface area contributed by atoms with E-state index in [1.54, 1.807) is 19.4 Å². The van der Waals surface area contributed by atoms with Gasteiger partial charge in [-0.2, -0.15) is 9.78 Å². The van der Waals surface area contributed by atoms with Crippen molar-refractivity contribution < 1.29 is 9.47 Å². The van der Waals surface area contributed by atoms with E-state index < -0.39 is 0 Å². The number of methoxy groups -OCH3 is 1. The summed E-state index contributed by atoms with van der Waals surface area (Å²) in [6.07, 6.45) is 2.18. The second kappa shape index (κ2) is 10.3. The highest BCUT2D eigenvalue weighted by molar-refractivity contribution is 9.10. The van der Waals surface area contributed by atoms with Crippen molar-refractivity contribution in [1.29, 1.82) is 0 Å². The lowest BCUT2D eigenvalue weighted by molar-refractivity contribution is 0.284. The number of aryl methyl sites for hydroxylation is 1. The number of aromatic nitrogens is 2. The fourth-order valence-electron chi connectivity index (χ4n) is 3.32. The molecule has 4 aromatic rings. The zero-order valence-electron chi connectivity index (χ0n) is 18.1. The maximum absolute atomic E-state index is 13.1. The molecule has 0 aliphatic carbocycles. The van der Waals surface area contributed by atoms with E-state index in [1.807, 2.05) is 61.5 Å². The second-order valence-electron chi connectivity index (χ2n) is 7.20. The highest BCUT2D eigenvalue weighted by atomic mass is 79.9. The third-order valence-electron chi connectivity index (χ3n) is 5.02. The Labute approximate surface area is 208 Å². The lowest BCUT2D eigenvalue weighted by Gasteiger charge is -2.13. The largest absolute Gasteiger partial charge is 0.493 e. The monoisotopic (exact) mass is 569 g/mol. The minimum absolute atomic E-state index is 0.222. The maximum Gasteiger partial charge on any atom is 0.282 e. The van der Waals surface area contributed by atoms with Gasteiger partial charge in [0.05, 0.1) is 24.2 Å². The van der Waals surface area contributed by atoms with Gasteiger partial charge < -0.3 is 9.47 Å². The van der Waals surface area contributed by atoms with Crippen LogP contribution in [-0.4, -0.2) is 23.0 Å². The summed E-state index contributed by atoms with van der Waals surface area (Å²) in [5.74, 6) is 1.75. The molecule has 168 valence electrons. The number of fused-ring (bicyclic) bond motifs is 1. The zero-order valence-corrected chi connectivity index (χ0v) is 21.3. The molecule has 0 aliphatic rings. The van der Waals surface area contributed by atoms with Crippen molar-refractivity contribution in [3.63, 3.8) is 0 Å². The Bertz CT molecular complexity index is 1390. The molecule has 33 heavy (non-hydrogen) atoms. The van der Waals surface area contributed by atoms with Crippen molar-refractivity contribution in [3.05, 3.63) is 96.9 Å².